The summed E-state index contributed by atoms with van der Waals surface area (Å²) >= 11 is 6.25. The van der Waals surface area contributed by atoms with Crippen LogP contribution in [0.2, 0.25) is 5.02 Å². The lowest BCUT2D eigenvalue weighted by Crippen LogP contribution is -2.43. The van der Waals surface area contributed by atoms with E-state index in [9.17, 15) is 18.0 Å². The molecular weight excluding hydrogens is 478 g/mol. The number of urea groups is 1. The van der Waals surface area contributed by atoms with Crippen molar-refractivity contribution in [1.29, 1.82) is 0 Å². The highest BCUT2D eigenvalue weighted by molar-refractivity contribution is 7.91. The average Bonchev–Trinajstić information content (AvgIpc) is 3.08. The number of sulfone groups is 1. The molecule has 2 aliphatic heterocycles. The standard InChI is InChI=1S/C24H28ClN3O5S/c1-2-33-19-9-7-18(8-10-19)28-14-13-27(24(28)30)17-23(29)26-12-11-22(34(31,32)16-15-26)20-5-3-4-6-21(20)25/h3-10,22H,2,11-17H2,1H3. The van der Waals surface area contributed by atoms with Crippen molar-refractivity contribution < 1.29 is 22.7 Å². The molecule has 34 heavy (non-hydrogen) atoms. The summed E-state index contributed by atoms with van der Waals surface area (Å²) in [7, 11) is -3.47. The van der Waals surface area contributed by atoms with Gasteiger partial charge in [0.2, 0.25) is 5.91 Å². The second-order valence-electron chi connectivity index (χ2n) is 8.33. The molecule has 0 radical (unpaired) electrons. The Labute approximate surface area is 205 Å². The van der Waals surface area contributed by atoms with Gasteiger partial charge in [0, 0.05) is 36.9 Å². The van der Waals surface area contributed by atoms with Crippen LogP contribution in [-0.4, -0.2) is 75.2 Å². The van der Waals surface area contributed by atoms with Crippen molar-refractivity contribution in [3.05, 3.63) is 59.1 Å². The predicted molar refractivity (Wildman–Crippen MR) is 131 cm³/mol. The molecule has 2 saturated heterocycles. The van der Waals surface area contributed by atoms with Crippen LogP contribution < -0.4 is 9.64 Å². The van der Waals surface area contributed by atoms with Gasteiger partial charge >= 0.3 is 6.03 Å². The quantitative estimate of drug-likeness (QED) is 0.600. The monoisotopic (exact) mass is 505 g/mol. The first-order valence-electron chi connectivity index (χ1n) is 11.3. The molecule has 10 heteroatoms. The molecule has 3 amide bonds. The van der Waals surface area contributed by atoms with E-state index in [-0.39, 0.29) is 37.2 Å². The van der Waals surface area contributed by atoms with Crippen LogP contribution in [0.4, 0.5) is 10.5 Å². The van der Waals surface area contributed by atoms with Crippen LogP contribution >= 0.6 is 11.6 Å². The summed E-state index contributed by atoms with van der Waals surface area (Å²) in [6.45, 7) is 3.68. The second kappa shape index (κ2) is 10.2. The van der Waals surface area contributed by atoms with Crippen molar-refractivity contribution in [2.45, 2.75) is 18.6 Å². The molecule has 2 heterocycles. The number of halogens is 1. The Balaban J connectivity index is 1.39. The Morgan fingerprint density at radius 2 is 1.79 bits per heavy atom. The maximum Gasteiger partial charge on any atom is 0.325 e. The van der Waals surface area contributed by atoms with Crippen LogP contribution in [0.15, 0.2) is 48.5 Å². The fourth-order valence-corrected chi connectivity index (χ4v) is 6.55. The third-order valence-corrected chi connectivity index (χ3v) is 8.68. The van der Waals surface area contributed by atoms with Gasteiger partial charge in [-0.25, -0.2) is 13.2 Å². The molecule has 0 bridgehead atoms. The Hall–Kier alpha value is -2.78. The predicted octanol–water partition coefficient (Wildman–Crippen LogP) is 3.37. The van der Waals surface area contributed by atoms with E-state index in [1.54, 1.807) is 34.1 Å². The third-order valence-electron chi connectivity index (χ3n) is 6.23. The molecule has 2 aromatic carbocycles. The third kappa shape index (κ3) is 5.15. The molecule has 2 aliphatic rings. The summed E-state index contributed by atoms with van der Waals surface area (Å²) in [5, 5.41) is -0.338. The Bertz CT molecular complexity index is 1160. The Morgan fingerprint density at radius 3 is 2.50 bits per heavy atom. The van der Waals surface area contributed by atoms with E-state index in [0.717, 1.165) is 11.4 Å². The number of anilines is 1. The minimum Gasteiger partial charge on any atom is -0.494 e. The van der Waals surface area contributed by atoms with E-state index in [0.29, 0.717) is 36.8 Å². The normalized spacial score (nSPS) is 20.4. The number of benzene rings is 2. The van der Waals surface area contributed by atoms with E-state index in [1.807, 2.05) is 31.2 Å². The van der Waals surface area contributed by atoms with Gasteiger partial charge in [-0.05, 0) is 49.2 Å². The molecule has 1 unspecified atom stereocenters. The lowest BCUT2D eigenvalue weighted by atomic mass is 10.1. The summed E-state index contributed by atoms with van der Waals surface area (Å²) in [5.41, 5.74) is 1.31. The van der Waals surface area contributed by atoms with Gasteiger partial charge in [-0.2, -0.15) is 0 Å². The highest BCUT2D eigenvalue weighted by Crippen LogP contribution is 2.34. The molecule has 1 atom stereocenters. The molecule has 2 aromatic rings. The van der Waals surface area contributed by atoms with Crippen molar-refractivity contribution >= 4 is 39.1 Å². The second-order valence-corrected chi connectivity index (χ2v) is 11.0. The van der Waals surface area contributed by atoms with E-state index in [2.05, 4.69) is 0 Å². The Kier molecular flexibility index (Phi) is 7.33. The molecule has 0 saturated carbocycles. The van der Waals surface area contributed by atoms with Crippen LogP contribution in [0, 0.1) is 0 Å². The summed E-state index contributed by atoms with van der Waals surface area (Å²) in [6.07, 6.45) is 0.268. The van der Waals surface area contributed by atoms with Crippen LogP contribution in [0.5, 0.6) is 5.75 Å². The zero-order chi connectivity index (χ0) is 24.3. The lowest BCUT2D eigenvalue weighted by Gasteiger charge is -2.24. The van der Waals surface area contributed by atoms with Gasteiger partial charge in [0.15, 0.2) is 9.84 Å². The van der Waals surface area contributed by atoms with Crippen LogP contribution in [0.25, 0.3) is 0 Å². The number of hydrogen-bond acceptors (Lipinski definition) is 5. The molecule has 0 N–H and O–H groups in total. The number of amides is 3. The first-order chi connectivity index (χ1) is 16.3. The molecule has 0 aromatic heterocycles. The van der Waals surface area contributed by atoms with Gasteiger partial charge in [0.1, 0.15) is 12.3 Å². The minimum atomic E-state index is -3.47. The van der Waals surface area contributed by atoms with E-state index >= 15 is 0 Å². The minimum absolute atomic E-state index is 0.0802. The number of hydrogen-bond donors (Lipinski definition) is 0. The maximum absolute atomic E-state index is 13.0. The van der Waals surface area contributed by atoms with Crippen molar-refractivity contribution in [3.8, 4) is 5.75 Å². The summed E-state index contributed by atoms with van der Waals surface area (Å²) in [6, 6.07) is 13.9. The fraction of sp³-hybridized carbons (Fsp3) is 0.417. The average molecular weight is 506 g/mol. The van der Waals surface area contributed by atoms with Crippen LogP contribution in [0.1, 0.15) is 24.2 Å². The first kappa shape index (κ1) is 24.3. The van der Waals surface area contributed by atoms with Gasteiger partial charge < -0.3 is 14.5 Å². The number of carbonyl (C=O) groups excluding carboxylic acids is 2. The van der Waals surface area contributed by atoms with Gasteiger partial charge in [0.05, 0.1) is 17.6 Å². The molecular formula is C24H28ClN3O5S. The lowest BCUT2D eigenvalue weighted by molar-refractivity contribution is -0.131. The summed E-state index contributed by atoms with van der Waals surface area (Å²) in [4.78, 5) is 30.6. The highest BCUT2D eigenvalue weighted by Gasteiger charge is 2.36. The number of carbonyl (C=O) groups is 2. The van der Waals surface area contributed by atoms with E-state index in [1.165, 1.54) is 4.90 Å². The van der Waals surface area contributed by atoms with Gasteiger partial charge in [-0.3, -0.25) is 9.69 Å². The molecule has 182 valence electrons. The molecule has 4 rings (SSSR count). The van der Waals surface area contributed by atoms with E-state index in [4.69, 9.17) is 16.3 Å². The molecule has 0 aliphatic carbocycles. The zero-order valence-electron chi connectivity index (χ0n) is 19.0. The zero-order valence-corrected chi connectivity index (χ0v) is 20.6. The highest BCUT2D eigenvalue weighted by atomic mass is 35.5. The van der Waals surface area contributed by atoms with Gasteiger partial charge in [-0.15, -0.1) is 0 Å². The summed E-state index contributed by atoms with van der Waals surface area (Å²) < 4.78 is 31.3. The van der Waals surface area contributed by atoms with Gasteiger partial charge in [-0.1, -0.05) is 29.8 Å². The topological polar surface area (TPSA) is 87.2 Å². The molecule has 0 spiro atoms. The molecule has 8 nitrogen and oxygen atoms in total. The largest absolute Gasteiger partial charge is 0.494 e. The number of ether oxygens (including phenoxy) is 1. The Morgan fingerprint density at radius 1 is 1.06 bits per heavy atom. The smallest absolute Gasteiger partial charge is 0.325 e. The van der Waals surface area contributed by atoms with Crippen LogP contribution in [-0.2, 0) is 14.6 Å². The van der Waals surface area contributed by atoms with E-state index < -0.39 is 15.1 Å². The van der Waals surface area contributed by atoms with Crippen molar-refractivity contribution in [2.75, 3.05) is 50.0 Å². The van der Waals surface area contributed by atoms with Crippen molar-refractivity contribution in [3.63, 3.8) is 0 Å². The SMILES string of the molecule is CCOc1ccc(N2CCN(CC(=O)N3CCC(c4ccccc4Cl)S(=O)(=O)CC3)C2=O)cc1. The summed E-state index contributed by atoms with van der Waals surface area (Å²) in [5.74, 6) is 0.342. The maximum atomic E-state index is 13.0. The van der Waals surface area contributed by atoms with Gasteiger partial charge in [0.25, 0.3) is 0 Å². The first-order valence-corrected chi connectivity index (χ1v) is 13.4. The molecule has 2 fully saturated rings. The van der Waals surface area contributed by atoms with Crippen molar-refractivity contribution in [1.82, 2.24) is 9.80 Å². The number of nitrogens with zero attached hydrogens (tertiary/aromatic N) is 3. The number of rotatable bonds is 6. The fourth-order valence-electron chi connectivity index (χ4n) is 4.40. The van der Waals surface area contributed by atoms with Crippen LogP contribution in [0.3, 0.4) is 0 Å². The van der Waals surface area contributed by atoms with Crippen molar-refractivity contribution in [2.24, 2.45) is 0 Å².